The van der Waals surface area contributed by atoms with Crippen LogP contribution in [0.25, 0.3) is 11.5 Å². The van der Waals surface area contributed by atoms with Crippen LogP contribution in [0.4, 0.5) is 4.39 Å². The number of carbonyl (C=O) groups is 1. The third kappa shape index (κ3) is 4.03. The van der Waals surface area contributed by atoms with Gasteiger partial charge in [-0.15, -0.1) is 0 Å². The Balaban J connectivity index is 1.34. The zero-order valence-corrected chi connectivity index (χ0v) is 14.7. The SMILES string of the molecule is O=C(c1ccccc1)N1CCN(Cc2noc(-c3cccc(F)c3)n2)CC1. The summed E-state index contributed by atoms with van der Waals surface area (Å²) in [6, 6.07) is 15.4. The fraction of sp³-hybridized carbons (Fsp3) is 0.250. The lowest BCUT2D eigenvalue weighted by molar-refractivity contribution is 0.0624. The molecule has 1 fully saturated rings. The van der Waals surface area contributed by atoms with Crippen LogP contribution < -0.4 is 0 Å². The molecule has 138 valence electrons. The Morgan fingerprint density at radius 3 is 2.56 bits per heavy atom. The normalized spacial score (nSPS) is 15.1. The predicted octanol–water partition coefficient (Wildman–Crippen LogP) is 2.83. The Bertz CT molecular complexity index is 920. The molecule has 7 heteroatoms. The van der Waals surface area contributed by atoms with Crippen molar-refractivity contribution < 1.29 is 13.7 Å². The van der Waals surface area contributed by atoms with Gasteiger partial charge in [-0.3, -0.25) is 9.69 Å². The maximum Gasteiger partial charge on any atom is 0.258 e. The van der Waals surface area contributed by atoms with E-state index in [0.29, 0.717) is 42.5 Å². The van der Waals surface area contributed by atoms with Crippen molar-refractivity contribution in [2.24, 2.45) is 0 Å². The van der Waals surface area contributed by atoms with Crippen LogP contribution in [0, 0.1) is 5.82 Å². The van der Waals surface area contributed by atoms with Crippen LogP contribution in [0.5, 0.6) is 0 Å². The Morgan fingerprint density at radius 1 is 1.04 bits per heavy atom. The lowest BCUT2D eigenvalue weighted by Gasteiger charge is -2.34. The molecule has 1 amide bonds. The number of amides is 1. The molecule has 1 saturated heterocycles. The van der Waals surface area contributed by atoms with Gasteiger partial charge in [-0.05, 0) is 30.3 Å². The minimum absolute atomic E-state index is 0.0585. The Labute approximate surface area is 156 Å². The van der Waals surface area contributed by atoms with Gasteiger partial charge in [0.05, 0.1) is 6.54 Å². The van der Waals surface area contributed by atoms with Crippen LogP contribution in [0.1, 0.15) is 16.2 Å². The summed E-state index contributed by atoms with van der Waals surface area (Å²) in [5.74, 6) is 0.578. The van der Waals surface area contributed by atoms with Gasteiger partial charge in [0.15, 0.2) is 5.82 Å². The largest absolute Gasteiger partial charge is 0.336 e. The minimum Gasteiger partial charge on any atom is -0.336 e. The van der Waals surface area contributed by atoms with Gasteiger partial charge < -0.3 is 9.42 Å². The maximum absolute atomic E-state index is 13.3. The highest BCUT2D eigenvalue weighted by Crippen LogP contribution is 2.19. The predicted molar refractivity (Wildman–Crippen MR) is 97.3 cm³/mol. The average molecular weight is 366 g/mol. The van der Waals surface area contributed by atoms with Gasteiger partial charge in [-0.1, -0.05) is 29.4 Å². The van der Waals surface area contributed by atoms with Gasteiger partial charge in [-0.2, -0.15) is 4.98 Å². The highest BCUT2D eigenvalue weighted by Gasteiger charge is 2.23. The fourth-order valence-electron chi connectivity index (χ4n) is 3.13. The van der Waals surface area contributed by atoms with E-state index in [9.17, 15) is 9.18 Å². The molecule has 6 nitrogen and oxygen atoms in total. The first kappa shape index (κ1) is 17.4. The highest BCUT2D eigenvalue weighted by atomic mass is 19.1. The number of carbonyl (C=O) groups excluding carboxylic acids is 1. The van der Waals surface area contributed by atoms with Crippen molar-refractivity contribution in [1.82, 2.24) is 19.9 Å². The molecule has 4 rings (SSSR count). The molecule has 1 aliphatic heterocycles. The topological polar surface area (TPSA) is 62.5 Å². The zero-order chi connectivity index (χ0) is 18.6. The quantitative estimate of drug-likeness (QED) is 0.711. The maximum atomic E-state index is 13.3. The summed E-state index contributed by atoms with van der Waals surface area (Å²) in [5.41, 5.74) is 1.27. The molecule has 0 saturated carbocycles. The van der Waals surface area contributed by atoms with Gasteiger partial charge in [0.2, 0.25) is 0 Å². The lowest BCUT2D eigenvalue weighted by Crippen LogP contribution is -2.48. The molecular formula is C20H19FN4O2. The molecule has 2 aromatic carbocycles. The summed E-state index contributed by atoms with van der Waals surface area (Å²) < 4.78 is 18.6. The molecule has 2 heterocycles. The zero-order valence-electron chi connectivity index (χ0n) is 14.7. The highest BCUT2D eigenvalue weighted by molar-refractivity contribution is 5.94. The molecule has 0 unspecified atom stereocenters. The van der Waals surface area contributed by atoms with Crippen LogP contribution in [0.15, 0.2) is 59.1 Å². The summed E-state index contributed by atoms with van der Waals surface area (Å²) in [4.78, 5) is 20.9. The number of hydrogen-bond donors (Lipinski definition) is 0. The number of aromatic nitrogens is 2. The van der Waals surface area contributed by atoms with Crippen molar-refractivity contribution >= 4 is 5.91 Å². The van der Waals surface area contributed by atoms with Gasteiger partial charge in [-0.25, -0.2) is 4.39 Å². The Hall–Kier alpha value is -3.06. The second-order valence-electron chi connectivity index (χ2n) is 6.46. The van der Waals surface area contributed by atoms with Gasteiger partial charge in [0, 0.05) is 37.3 Å². The number of halogens is 1. The first-order chi connectivity index (χ1) is 13.2. The number of hydrogen-bond acceptors (Lipinski definition) is 5. The van der Waals surface area contributed by atoms with Crippen molar-refractivity contribution in [3.05, 3.63) is 71.8 Å². The number of benzene rings is 2. The van der Waals surface area contributed by atoms with E-state index in [2.05, 4.69) is 15.0 Å². The molecule has 0 atom stereocenters. The molecule has 1 aromatic heterocycles. The van der Waals surface area contributed by atoms with Crippen molar-refractivity contribution in [2.75, 3.05) is 26.2 Å². The van der Waals surface area contributed by atoms with E-state index >= 15 is 0 Å². The van der Waals surface area contributed by atoms with Crippen molar-refractivity contribution in [3.8, 4) is 11.5 Å². The monoisotopic (exact) mass is 366 g/mol. The first-order valence-electron chi connectivity index (χ1n) is 8.84. The van der Waals surface area contributed by atoms with Crippen LogP contribution in [-0.4, -0.2) is 52.0 Å². The summed E-state index contributed by atoms with van der Waals surface area (Å²) in [6.45, 7) is 3.32. The summed E-state index contributed by atoms with van der Waals surface area (Å²) >= 11 is 0. The molecule has 0 bridgehead atoms. The molecule has 0 aliphatic carbocycles. The van der Waals surface area contributed by atoms with E-state index in [1.165, 1.54) is 12.1 Å². The lowest BCUT2D eigenvalue weighted by atomic mass is 10.2. The Morgan fingerprint density at radius 2 is 1.81 bits per heavy atom. The van der Waals surface area contributed by atoms with Crippen LogP contribution in [0.3, 0.4) is 0 Å². The van der Waals surface area contributed by atoms with E-state index < -0.39 is 0 Å². The molecule has 27 heavy (non-hydrogen) atoms. The van der Waals surface area contributed by atoms with Crippen LogP contribution in [-0.2, 0) is 6.54 Å². The van der Waals surface area contributed by atoms with Gasteiger partial charge >= 0.3 is 0 Å². The molecule has 1 aliphatic rings. The van der Waals surface area contributed by atoms with Gasteiger partial charge in [0.1, 0.15) is 5.82 Å². The summed E-state index contributed by atoms with van der Waals surface area (Å²) in [7, 11) is 0. The van der Waals surface area contributed by atoms with Crippen molar-refractivity contribution in [1.29, 1.82) is 0 Å². The summed E-state index contributed by atoms with van der Waals surface area (Å²) in [6.07, 6.45) is 0. The van der Waals surface area contributed by atoms with E-state index in [-0.39, 0.29) is 11.7 Å². The van der Waals surface area contributed by atoms with Crippen molar-refractivity contribution in [2.45, 2.75) is 6.54 Å². The van der Waals surface area contributed by atoms with Crippen LogP contribution >= 0.6 is 0 Å². The molecular weight excluding hydrogens is 347 g/mol. The van der Waals surface area contributed by atoms with E-state index in [4.69, 9.17) is 4.52 Å². The molecule has 0 spiro atoms. The second kappa shape index (κ2) is 7.67. The average Bonchev–Trinajstić information content (AvgIpc) is 3.17. The van der Waals surface area contributed by atoms with E-state index in [1.807, 2.05) is 35.2 Å². The standard InChI is InChI=1S/C20H19FN4O2/c21-17-8-4-7-16(13-17)19-22-18(23-27-19)14-24-9-11-25(12-10-24)20(26)15-5-2-1-3-6-15/h1-8,13H,9-12,14H2. The third-order valence-corrected chi connectivity index (χ3v) is 4.58. The molecule has 3 aromatic rings. The fourth-order valence-corrected chi connectivity index (χ4v) is 3.13. The van der Waals surface area contributed by atoms with Gasteiger partial charge in [0.25, 0.3) is 11.8 Å². The second-order valence-corrected chi connectivity index (χ2v) is 6.46. The molecule has 0 N–H and O–H groups in total. The smallest absolute Gasteiger partial charge is 0.258 e. The number of rotatable bonds is 4. The van der Waals surface area contributed by atoms with E-state index in [0.717, 1.165) is 13.1 Å². The number of piperazine rings is 1. The Kier molecular flexibility index (Phi) is 4.93. The number of nitrogens with zero attached hydrogens (tertiary/aromatic N) is 4. The van der Waals surface area contributed by atoms with Crippen molar-refractivity contribution in [3.63, 3.8) is 0 Å². The first-order valence-corrected chi connectivity index (χ1v) is 8.84. The molecule has 0 radical (unpaired) electrons. The van der Waals surface area contributed by atoms with E-state index in [1.54, 1.807) is 12.1 Å². The summed E-state index contributed by atoms with van der Waals surface area (Å²) in [5, 5.41) is 3.99. The minimum atomic E-state index is -0.341. The van der Waals surface area contributed by atoms with Crippen LogP contribution in [0.2, 0.25) is 0 Å². The third-order valence-electron chi connectivity index (χ3n) is 4.58.